The second-order valence-electron chi connectivity index (χ2n) is 3.20. The molecule has 0 aliphatic rings. The molecule has 0 aromatic rings. The van der Waals surface area contributed by atoms with Gasteiger partial charge in [0.2, 0.25) is 0 Å². The maximum absolute atomic E-state index is 11.3. The maximum Gasteiger partial charge on any atom is 0.347 e. The minimum atomic E-state index is -1.10. The van der Waals surface area contributed by atoms with Crippen LogP contribution in [0, 0.1) is 0 Å². The van der Waals surface area contributed by atoms with Crippen LogP contribution < -0.4 is 0 Å². The van der Waals surface area contributed by atoms with Gasteiger partial charge >= 0.3 is 17.9 Å². The van der Waals surface area contributed by atoms with Gasteiger partial charge in [0.05, 0.1) is 14.6 Å². The van der Waals surface area contributed by atoms with Gasteiger partial charge in [0.1, 0.15) is 0 Å². The molecule has 0 fully saturated rings. The Morgan fingerprint density at radius 1 is 1.29 bits per heavy atom. The molecule has 0 aromatic heterocycles. The van der Waals surface area contributed by atoms with Crippen LogP contribution in [0.5, 0.6) is 0 Å². The Morgan fingerprint density at radius 2 is 1.94 bits per heavy atom. The Hall–Kier alpha value is -1.59. The quantitative estimate of drug-likeness (QED) is 0.489. The summed E-state index contributed by atoms with van der Waals surface area (Å²) < 4.78 is 21.2. The lowest BCUT2D eigenvalue weighted by atomic mass is 10.3. The summed E-state index contributed by atoms with van der Waals surface area (Å²) in [6, 6.07) is 0. The highest BCUT2D eigenvalue weighted by molar-refractivity contribution is 5.78. The Labute approximate surface area is 102 Å². The van der Waals surface area contributed by atoms with E-state index < -0.39 is 30.6 Å². The Balaban J connectivity index is 3.90. The summed E-state index contributed by atoms with van der Waals surface area (Å²) in [5, 5.41) is 0. The fourth-order valence-electron chi connectivity index (χ4n) is 0.917. The molecular formula is C11H18O6. The van der Waals surface area contributed by atoms with Crippen molar-refractivity contribution >= 4 is 17.9 Å². The molecule has 6 heteroatoms. The normalized spacial score (nSPS) is 14.2. The second kappa shape index (κ2) is 8.55. The van der Waals surface area contributed by atoms with E-state index in [4.69, 9.17) is 6.11 Å². The molecule has 0 aliphatic heterocycles. The van der Waals surface area contributed by atoms with Gasteiger partial charge in [-0.2, -0.15) is 0 Å². The van der Waals surface area contributed by atoms with Crippen molar-refractivity contribution in [1.82, 2.24) is 0 Å². The van der Waals surface area contributed by atoms with E-state index in [2.05, 4.69) is 9.47 Å². The fraction of sp³-hybridized carbons (Fsp3) is 0.727. The molecule has 0 rings (SSSR count). The van der Waals surface area contributed by atoms with Crippen molar-refractivity contribution in [3.63, 3.8) is 0 Å². The zero-order chi connectivity index (χ0) is 14.1. The maximum atomic E-state index is 11.3. The molecule has 0 N–H and O–H groups in total. The van der Waals surface area contributed by atoms with Crippen LogP contribution in [-0.2, 0) is 28.6 Å². The van der Waals surface area contributed by atoms with E-state index in [0.29, 0.717) is 0 Å². The van der Waals surface area contributed by atoms with E-state index >= 15 is 0 Å². The molecule has 0 saturated carbocycles. The molecule has 98 valence electrons. The highest BCUT2D eigenvalue weighted by Gasteiger charge is 2.18. The molecule has 0 amide bonds. The van der Waals surface area contributed by atoms with E-state index in [1.807, 2.05) is 0 Å². The molecule has 17 heavy (non-hydrogen) atoms. The molecule has 0 radical (unpaired) electrons. The van der Waals surface area contributed by atoms with E-state index in [1.54, 1.807) is 6.92 Å². The monoisotopic (exact) mass is 247 g/mol. The van der Waals surface area contributed by atoms with Gasteiger partial charge in [-0.3, -0.25) is 9.59 Å². The molecule has 6 nitrogen and oxygen atoms in total. The van der Waals surface area contributed by atoms with Gasteiger partial charge < -0.3 is 14.2 Å². The standard InChI is InChI=1S/C11H18O6/c1-4-15-11(14)8(2)17-10(13)6-5-7-16-9(3)12/h8H,4-7H2,1-3H3/t8-/m0/s1/i7D/t7-,8+/m1. The predicted molar refractivity (Wildman–Crippen MR) is 58.1 cm³/mol. The summed E-state index contributed by atoms with van der Waals surface area (Å²) in [5.74, 6) is -1.84. The molecular weight excluding hydrogens is 228 g/mol. The van der Waals surface area contributed by atoms with Gasteiger partial charge in [-0.15, -0.1) is 0 Å². The highest BCUT2D eigenvalue weighted by Crippen LogP contribution is 2.00. The molecule has 0 unspecified atom stereocenters. The molecule has 2 atom stereocenters. The lowest BCUT2D eigenvalue weighted by molar-refractivity contribution is -0.166. The van der Waals surface area contributed by atoms with Crippen LogP contribution in [0.2, 0.25) is 0 Å². The zero-order valence-electron chi connectivity index (χ0n) is 11.2. The zero-order valence-corrected chi connectivity index (χ0v) is 10.2. The first kappa shape index (κ1) is 13.5. The van der Waals surface area contributed by atoms with Crippen molar-refractivity contribution in [3.8, 4) is 0 Å². The third-order valence-electron chi connectivity index (χ3n) is 1.64. The molecule has 0 spiro atoms. The van der Waals surface area contributed by atoms with Crippen LogP contribution in [0.3, 0.4) is 0 Å². The van der Waals surface area contributed by atoms with Gasteiger partial charge in [0, 0.05) is 13.3 Å². The van der Waals surface area contributed by atoms with Gasteiger partial charge in [-0.1, -0.05) is 0 Å². The van der Waals surface area contributed by atoms with Gasteiger partial charge in [0.15, 0.2) is 6.10 Å². The van der Waals surface area contributed by atoms with E-state index in [0.717, 1.165) is 0 Å². The van der Waals surface area contributed by atoms with Crippen LogP contribution in [0.25, 0.3) is 0 Å². The lowest BCUT2D eigenvalue weighted by Crippen LogP contribution is -2.26. The van der Waals surface area contributed by atoms with Gasteiger partial charge in [0.25, 0.3) is 0 Å². The van der Waals surface area contributed by atoms with Crippen molar-refractivity contribution in [3.05, 3.63) is 0 Å². The van der Waals surface area contributed by atoms with Crippen molar-refractivity contribution in [2.45, 2.75) is 39.7 Å². The molecule has 0 aliphatic carbocycles. The van der Waals surface area contributed by atoms with Crippen LogP contribution in [-0.4, -0.2) is 37.2 Å². The first-order chi connectivity index (χ1) is 8.36. The van der Waals surface area contributed by atoms with E-state index in [-0.39, 0.29) is 19.4 Å². The number of ether oxygens (including phenoxy) is 3. The minimum absolute atomic E-state index is 0.0218. The Bertz CT molecular complexity index is 304. The third-order valence-corrected chi connectivity index (χ3v) is 1.64. The van der Waals surface area contributed by atoms with Crippen LogP contribution in [0.15, 0.2) is 0 Å². The summed E-state index contributed by atoms with van der Waals surface area (Å²) in [4.78, 5) is 33.0. The smallest absolute Gasteiger partial charge is 0.347 e. The number of esters is 3. The Morgan fingerprint density at radius 3 is 2.47 bits per heavy atom. The van der Waals surface area contributed by atoms with Crippen molar-refractivity contribution < 1.29 is 30.0 Å². The van der Waals surface area contributed by atoms with Gasteiger partial charge in [-0.05, 0) is 20.3 Å². The molecule has 0 heterocycles. The molecule has 0 bridgehead atoms. The summed E-state index contributed by atoms with van der Waals surface area (Å²) in [7, 11) is 0. The van der Waals surface area contributed by atoms with Gasteiger partial charge in [-0.25, -0.2) is 4.79 Å². The van der Waals surface area contributed by atoms with Crippen molar-refractivity contribution in [2.75, 3.05) is 13.2 Å². The predicted octanol–water partition coefficient (Wildman–Crippen LogP) is 0.824. The lowest BCUT2D eigenvalue weighted by Gasteiger charge is -2.11. The number of carbonyl (C=O) groups excluding carboxylic acids is 3. The number of carbonyl (C=O) groups is 3. The van der Waals surface area contributed by atoms with Crippen LogP contribution in [0.4, 0.5) is 0 Å². The Kier molecular flexibility index (Phi) is 6.78. The number of hydrogen-bond acceptors (Lipinski definition) is 6. The summed E-state index contributed by atoms with van der Waals surface area (Å²) >= 11 is 0. The largest absolute Gasteiger partial charge is 0.466 e. The topological polar surface area (TPSA) is 78.9 Å². The van der Waals surface area contributed by atoms with E-state index in [1.165, 1.54) is 13.8 Å². The van der Waals surface area contributed by atoms with Crippen LogP contribution in [0.1, 0.15) is 35.0 Å². The molecule has 0 aromatic carbocycles. The first-order valence-corrected chi connectivity index (χ1v) is 5.32. The number of hydrogen-bond donors (Lipinski definition) is 0. The second-order valence-corrected chi connectivity index (χ2v) is 3.20. The van der Waals surface area contributed by atoms with Crippen LogP contribution >= 0.6 is 0 Å². The average Bonchev–Trinajstić information content (AvgIpc) is 2.25. The summed E-state index contributed by atoms with van der Waals surface area (Å²) in [6.45, 7) is 3.34. The molecule has 0 saturated heterocycles. The van der Waals surface area contributed by atoms with E-state index in [9.17, 15) is 14.4 Å². The first-order valence-electron chi connectivity index (χ1n) is 5.90. The van der Waals surface area contributed by atoms with Crippen molar-refractivity contribution in [2.24, 2.45) is 0 Å². The highest BCUT2D eigenvalue weighted by atomic mass is 16.6. The minimum Gasteiger partial charge on any atom is -0.466 e. The fourth-order valence-corrected chi connectivity index (χ4v) is 0.917. The SMILES string of the molecule is [2H][C@H](CCC(=O)O[C@@H](C)C(=O)OCC)OC(C)=O. The average molecular weight is 247 g/mol. The summed E-state index contributed by atoms with van der Waals surface area (Å²) in [6.07, 6.45) is -1.06. The number of rotatable bonds is 7. The third kappa shape index (κ3) is 8.24. The summed E-state index contributed by atoms with van der Waals surface area (Å²) in [5.41, 5.74) is 0. The van der Waals surface area contributed by atoms with Crippen molar-refractivity contribution in [1.29, 1.82) is 0 Å².